The van der Waals surface area contributed by atoms with Gasteiger partial charge in [-0.05, 0) is 13.8 Å². The molecule has 2 atom stereocenters. The van der Waals surface area contributed by atoms with Crippen molar-refractivity contribution in [1.82, 2.24) is 4.90 Å². The molecule has 0 aliphatic rings. The van der Waals surface area contributed by atoms with Gasteiger partial charge in [-0.1, -0.05) is 60.2 Å². The van der Waals surface area contributed by atoms with Crippen LogP contribution in [0.2, 0.25) is 0 Å². The summed E-state index contributed by atoms with van der Waals surface area (Å²) in [6.07, 6.45) is 0. The van der Waals surface area contributed by atoms with Crippen LogP contribution in [0.25, 0.3) is 0 Å². The van der Waals surface area contributed by atoms with Crippen molar-refractivity contribution in [3.05, 3.63) is 71.3 Å². The Bertz CT molecular complexity index is 605. The molecule has 2 N–H and O–H groups in total. The van der Waals surface area contributed by atoms with Crippen LogP contribution in [0.4, 0.5) is 0 Å². The average molecular weight is 297 g/mol. The van der Waals surface area contributed by atoms with Gasteiger partial charge in [0.05, 0.1) is 0 Å². The zero-order chi connectivity index (χ0) is 16.1. The quantitative estimate of drug-likeness (QED) is 0.902. The lowest BCUT2D eigenvalue weighted by atomic mass is 9.97. The summed E-state index contributed by atoms with van der Waals surface area (Å²) < 4.78 is 0. The maximum absolute atomic E-state index is 12.2. The SMILES string of the molecule is Cc1ccc([C@@H]([NH2+][C@@H](C)C(=O)N(C)C)c2ccccc2)cc1. The van der Waals surface area contributed by atoms with E-state index in [0.29, 0.717) is 0 Å². The molecule has 0 aliphatic heterocycles. The van der Waals surface area contributed by atoms with Gasteiger partial charge in [0.15, 0.2) is 6.04 Å². The standard InChI is InChI=1S/C19H24N2O/c1-14-10-12-17(13-11-14)18(16-8-6-5-7-9-16)20-15(2)19(22)21(3)4/h5-13,15,18,20H,1-4H3/p+1/t15-,18-/m0/s1. The summed E-state index contributed by atoms with van der Waals surface area (Å²) in [5.74, 6) is 0.132. The second kappa shape index (κ2) is 7.23. The van der Waals surface area contributed by atoms with E-state index in [4.69, 9.17) is 0 Å². The first-order chi connectivity index (χ1) is 10.5. The van der Waals surface area contributed by atoms with Crippen LogP contribution in [0.15, 0.2) is 54.6 Å². The molecule has 0 aromatic heterocycles. The lowest BCUT2D eigenvalue weighted by Crippen LogP contribution is -2.92. The first-order valence-corrected chi connectivity index (χ1v) is 7.66. The van der Waals surface area contributed by atoms with E-state index in [1.165, 1.54) is 16.7 Å². The van der Waals surface area contributed by atoms with E-state index in [2.05, 4.69) is 48.6 Å². The van der Waals surface area contributed by atoms with Gasteiger partial charge in [0.1, 0.15) is 6.04 Å². The highest BCUT2D eigenvalue weighted by molar-refractivity contribution is 5.79. The Labute approximate surface area is 133 Å². The molecule has 22 heavy (non-hydrogen) atoms. The Morgan fingerprint density at radius 2 is 1.50 bits per heavy atom. The number of amides is 1. The van der Waals surface area contributed by atoms with Gasteiger partial charge in [-0.3, -0.25) is 4.79 Å². The highest BCUT2D eigenvalue weighted by Gasteiger charge is 2.25. The minimum Gasteiger partial charge on any atom is -0.344 e. The molecule has 3 nitrogen and oxygen atoms in total. The Kier molecular flexibility index (Phi) is 5.34. The minimum absolute atomic E-state index is 0.124. The summed E-state index contributed by atoms with van der Waals surface area (Å²) in [5.41, 5.74) is 3.67. The van der Waals surface area contributed by atoms with Crippen molar-refractivity contribution in [1.29, 1.82) is 0 Å². The number of nitrogens with two attached hydrogens (primary N) is 1. The Morgan fingerprint density at radius 1 is 0.955 bits per heavy atom. The number of likely N-dealkylation sites (N-methyl/N-ethyl adjacent to an activating group) is 1. The first-order valence-electron chi connectivity index (χ1n) is 7.66. The van der Waals surface area contributed by atoms with E-state index in [-0.39, 0.29) is 18.0 Å². The van der Waals surface area contributed by atoms with E-state index in [0.717, 1.165) is 0 Å². The molecule has 0 heterocycles. The predicted octanol–water partition coefficient (Wildman–Crippen LogP) is 2.12. The highest BCUT2D eigenvalue weighted by Crippen LogP contribution is 2.19. The molecule has 0 aliphatic carbocycles. The normalized spacial score (nSPS) is 13.5. The third kappa shape index (κ3) is 3.95. The molecule has 0 saturated carbocycles. The summed E-state index contributed by atoms with van der Waals surface area (Å²) in [5, 5.41) is 2.14. The molecule has 3 heteroatoms. The molecule has 2 rings (SSSR count). The van der Waals surface area contributed by atoms with Crippen molar-refractivity contribution in [3.8, 4) is 0 Å². The second-order valence-electron chi connectivity index (χ2n) is 6.01. The van der Waals surface area contributed by atoms with Crippen LogP contribution in [-0.4, -0.2) is 30.9 Å². The second-order valence-corrected chi connectivity index (χ2v) is 6.01. The molecular formula is C19H25N2O+. The molecule has 2 aromatic carbocycles. The highest BCUT2D eigenvalue weighted by atomic mass is 16.2. The molecule has 0 saturated heterocycles. The summed E-state index contributed by atoms with van der Waals surface area (Å²) in [7, 11) is 3.60. The van der Waals surface area contributed by atoms with E-state index in [1.54, 1.807) is 19.0 Å². The number of benzene rings is 2. The zero-order valence-electron chi connectivity index (χ0n) is 13.8. The summed E-state index contributed by atoms with van der Waals surface area (Å²) in [6.45, 7) is 4.05. The Balaban J connectivity index is 2.30. The number of carbonyl (C=O) groups is 1. The van der Waals surface area contributed by atoms with Gasteiger partial charge in [-0.25, -0.2) is 0 Å². The Hall–Kier alpha value is -2.13. The third-order valence-corrected chi connectivity index (χ3v) is 3.91. The van der Waals surface area contributed by atoms with Crippen molar-refractivity contribution in [3.63, 3.8) is 0 Å². The van der Waals surface area contributed by atoms with E-state index in [9.17, 15) is 4.79 Å². The molecular weight excluding hydrogens is 272 g/mol. The minimum atomic E-state index is -0.124. The van der Waals surface area contributed by atoms with Gasteiger partial charge in [0.2, 0.25) is 0 Å². The largest absolute Gasteiger partial charge is 0.344 e. The first kappa shape index (κ1) is 16.2. The summed E-state index contributed by atoms with van der Waals surface area (Å²) in [6, 6.07) is 18.9. The van der Waals surface area contributed by atoms with Crippen molar-refractivity contribution in [2.24, 2.45) is 0 Å². The molecule has 0 spiro atoms. The van der Waals surface area contributed by atoms with Crippen LogP contribution in [0.3, 0.4) is 0 Å². The summed E-state index contributed by atoms with van der Waals surface area (Å²) in [4.78, 5) is 13.8. The van der Waals surface area contributed by atoms with Crippen LogP contribution in [0, 0.1) is 6.92 Å². The van der Waals surface area contributed by atoms with Crippen molar-refractivity contribution < 1.29 is 10.1 Å². The van der Waals surface area contributed by atoms with Gasteiger partial charge >= 0.3 is 0 Å². The van der Waals surface area contributed by atoms with Gasteiger partial charge in [-0.15, -0.1) is 0 Å². The van der Waals surface area contributed by atoms with E-state index < -0.39 is 0 Å². The molecule has 0 radical (unpaired) electrons. The number of quaternary nitrogens is 1. The third-order valence-electron chi connectivity index (χ3n) is 3.91. The fourth-order valence-electron chi connectivity index (χ4n) is 2.63. The lowest BCUT2D eigenvalue weighted by molar-refractivity contribution is -0.705. The Morgan fingerprint density at radius 3 is 2.05 bits per heavy atom. The van der Waals surface area contributed by atoms with Crippen LogP contribution in [0.5, 0.6) is 0 Å². The van der Waals surface area contributed by atoms with E-state index in [1.807, 2.05) is 25.1 Å². The summed E-state index contributed by atoms with van der Waals surface area (Å²) >= 11 is 0. The number of nitrogens with zero attached hydrogens (tertiary/aromatic N) is 1. The van der Waals surface area contributed by atoms with Crippen LogP contribution < -0.4 is 5.32 Å². The van der Waals surface area contributed by atoms with Crippen molar-refractivity contribution in [2.45, 2.75) is 25.9 Å². The van der Waals surface area contributed by atoms with Crippen LogP contribution >= 0.6 is 0 Å². The maximum atomic E-state index is 12.2. The van der Waals surface area contributed by atoms with Crippen molar-refractivity contribution >= 4 is 5.91 Å². The molecule has 0 unspecified atom stereocenters. The molecule has 116 valence electrons. The zero-order valence-corrected chi connectivity index (χ0v) is 13.8. The van der Waals surface area contributed by atoms with Gasteiger partial charge in [0, 0.05) is 25.2 Å². The van der Waals surface area contributed by atoms with Gasteiger partial charge in [0.25, 0.3) is 5.91 Å². The van der Waals surface area contributed by atoms with Gasteiger partial charge in [-0.2, -0.15) is 0 Å². The molecule has 0 fully saturated rings. The lowest BCUT2D eigenvalue weighted by Gasteiger charge is -2.22. The monoisotopic (exact) mass is 297 g/mol. The van der Waals surface area contributed by atoms with Crippen molar-refractivity contribution in [2.75, 3.05) is 14.1 Å². The molecule has 1 amide bonds. The number of aryl methyl sites for hydroxylation is 1. The van der Waals surface area contributed by atoms with Crippen LogP contribution in [0.1, 0.15) is 29.7 Å². The average Bonchev–Trinajstić information content (AvgIpc) is 2.53. The fourth-order valence-corrected chi connectivity index (χ4v) is 2.63. The molecule has 0 bridgehead atoms. The van der Waals surface area contributed by atoms with E-state index >= 15 is 0 Å². The maximum Gasteiger partial charge on any atom is 0.280 e. The molecule has 2 aromatic rings. The number of rotatable bonds is 5. The van der Waals surface area contributed by atoms with Crippen LogP contribution in [-0.2, 0) is 4.79 Å². The smallest absolute Gasteiger partial charge is 0.280 e. The number of carbonyl (C=O) groups excluding carboxylic acids is 1. The van der Waals surface area contributed by atoms with Gasteiger partial charge < -0.3 is 10.2 Å². The number of hydrogen-bond donors (Lipinski definition) is 1. The topological polar surface area (TPSA) is 36.9 Å². The predicted molar refractivity (Wildman–Crippen MR) is 89.5 cm³/mol. The fraction of sp³-hybridized carbons (Fsp3) is 0.316. The number of hydrogen-bond acceptors (Lipinski definition) is 1.